The number of aryl methyl sites for hydroxylation is 2. The van der Waals surface area contributed by atoms with Crippen LogP contribution in [0.1, 0.15) is 28.3 Å². The fourth-order valence-corrected chi connectivity index (χ4v) is 5.85. The van der Waals surface area contributed by atoms with E-state index >= 15 is 0 Å². The van der Waals surface area contributed by atoms with Crippen LogP contribution in [-0.4, -0.2) is 65.3 Å². The Bertz CT molecular complexity index is 1280. The Morgan fingerprint density at radius 2 is 1.53 bits per heavy atom. The van der Waals surface area contributed by atoms with E-state index in [-0.39, 0.29) is 6.61 Å². The SMILES string of the molecule is OC(COc1cccc2cnccc12)CN1CCN(C2c3ccccc3CCc3ccccc32)CC1. The summed E-state index contributed by atoms with van der Waals surface area (Å²) in [5.41, 5.74) is 5.85. The summed E-state index contributed by atoms with van der Waals surface area (Å²) in [6.45, 7) is 4.76. The van der Waals surface area contributed by atoms with Crippen molar-refractivity contribution in [2.24, 2.45) is 0 Å². The van der Waals surface area contributed by atoms with E-state index < -0.39 is 6.10 Å². The van der Waals surface area contributed by atoms with Gasteiger partial charge in [-0.25, -0.2) is 0 Å². The second kappa shape index (κ2) is 10.4. The molecular formula is C31H33N3O2. The molecule has 0 saturated carbocycles. The Kier molecular flexibility index (Phi) is 6.69. The maximum Gasteiger partial charge on any atom is 0.127 e. The monoisotopic (exact) mass is 479 g/mol. The zero-order valence-corrected chi connectivity index (χ0v) is 20.6. The van der Waals surface area contributed by atoms with Gasteiger partial charge in [0.2, 0.25) is 0 Å². The molecule has 1 fully saturated rings. The number of hydrogen-bond acceptors (Lipinski definition) is 5. The van der Waals surface area contributed by atoms with Crippen molar-refractivity contribution in [1.82, 2.24) is 14.8 Å². The van der Waals surface area contributed by atoms with Crippen molar-refractivity contribution in [2.45, 2.75) is 25.0 Å². The van der Waals surface area contributed by atoms with E-state index in [1.165, 1.54) is 22.3 Å². The van der Waals surface area contributed by atoms with E-state index in [9.17, 15) is 5.11 Å². The molecule has 1 N–H and O–H groups in total. The number of ether oxygens (including phenoxy) is 1. The standard InChI is InChI=1S/C31H33N3O2/c35-26(22-36-30-11-5-8-25-20-32-15-14-27(25)30)21-33-16-18-34(19-17-33)31-28-9-3-1-6-23(28)12-13-24-7-2-4-10-29(24)31/h1-11,14-15,20,26,31,35H,12-13,16-19,21-22H2. The van der Waals surface area contributed by atoms with Crippen LogP contribution in [0.4, 0.5) is 0 Å². The zero-order chi connectivity index (χ0) is 24.3. The van der Waals surface area contributed by atoms with E-state index in [0.29, 0.717) is 12.6 Å². The van der Waals surface area contributed by atoms with Crippen molar-refractivity contribution in [3.8, 4) is 5.75 Å². The first-order valence-corrected chi connectivity index (χ1v) is 13.0. The fraction of sp³-hybridized carbons (Fsp3) is 0.323. The van der Waals surface area contributed by atoms with Gasteiger partial charge in [0.1, 0.15) is 18.5 Å². The van der Waals surface area contributed by atoms with E-state index in [0.717, 1.165) is 55.5 Å². The molecule has 1 aliphatic carbocycles. The highest BCUT2D eigenvalue weighted by molar-refractivity contribution is 5.87. The van der Waals surface area contributed by atoms with Gasteiger partial charge in [0, 0.05) is 55.9 Å². The number of piperazine rings is 1. The predicted octanol–water partition coefficient (Wildman–Crippen LogP) is 4.48. The molecule has 1 saturated heterocycles. The first-order chi connectivity index (χ1) is 17.8. The van der Waals surface area contributed by atoms with Crippen LogP contribution in [0.3, 0.4) is 0 Å². The van der Waals surface area contributed by atoms with Gasteiger partial charge in [-0.15, -0.1) is 0 Å². The number of aliphatic hydroxyl groups excluding tert-OH is 1. The fourth-order valence-electron chi connectivity index (χ4n) is 5.85. The molecule has 0 amide bonds. The molecule has 184 valence electrons. The van der Waals surface area contributed by atoms with Crippen molar-refractivity contribution < 1.29 is 9.84 Å². The van der Waals surface area contributed by atoms with E-state index in [1.54, 1.807) is 6.20 Å². The number of fused-ring (bicyclic) bond motifs is 3. The molecule has 1 aromatic heterocycles. The largest absolute Gasteiger partial charge is 0.490 e. The van der Waals surface area contributed by atoms with Gasteiger partial charge >= 0.3 is 0 Å². The van der Waals surface area contributed by atoms with Crippen LogP contribution < -0.4 is 4.74 Å². The summed E-state index contributed by atoms with van der Waals surface area (Å²) in [6.07, 6.45) is 5.28. The van der Waals surface area contributed by atoms with Crippen molar-refractivity contribution >= 4 is 10.8 Å². The van der Waals surface area contributed by atoms with Crippen LogP contribution >= 0.6 is 0 Å². The average Bonchev–Trinajstić information content (AvgIpc) is 3.09. The molecule has 0 spiro atoms. The van der Waals surface area contributed by atoms with E-state index in [2.05, 4.69) is 63.3 Å². The Labute approximate surface area is 213 Å². The first kappa shape index (κ1) is 23.2. The number of β-amino-alcohol motifs (C(OH)–C–C–N with tert-alkyl or cyclic N) is 1. The summed E-state index contributed by atoms with van der Waals surface area (Å²) < 4.78 is 6.02. The molecule has 3 aromatic carbocycles. The maximum absolute atomic E-state index is 10.8. The lowest BCUT2D eigenvalue weighted by molar-refractivity contribution is 0.0403. The normalized spacial score (nSPS) is 17.8. The highest BCUT2D eigenvalue weighted by Gasteiger charge is 2.31. The lowest BCUT2D eigenvalue weighted by atomic mass is 9.92. The van der Waals surface area contributed by atoms with Crippen LogP contribution in [0, 0.1) is 0 Å². The molecule has 5 nitrogen and oxygen atoms in total. The van der Waals surface area contributed by atoms with Crippen LogP contribution in [-0.2, 0) is 12.8 Å². The molecule has 0 radical (unpaired) electrons. The number of aromatic nitrogens is 1. The third kappa shape index (κ3) is 4.74. The lowest BCUT2D eigenvalue weighted by Gasteiger charge is -2.40. The number of rotatable bonds is 6. The molecular weight excluding hydrogens is 446 g/mol. The van der Waals surface area contributed by atoms with Gasteiger partial charge in [-0.1, -0.05) is 60.7 Å². The Morgan fingerprint density at radius 3 is 2.25 bits per heavy atom. The van der Waals surface area contributed by atoms with E-state index in [4.69, 9.17) is 4.74 Å². The molecule has 4 aromatic rings. The molecule has 0 bridgehead atoms. The number of pyridine rings is 1. The minimum Gasteiger partial charge on any atom is -0.490 e. The third-order valence-corrected chi connectivity index (χ3v) is 7.68. The molecule has 6 rings (SSSR count). The van der Waals surface area contributed by atoms with E-state index in [1.807, 2.05) is 30.5 Å². The molecule has 1 aliphatic heterocycles. The van der Waals surface area contributed by atoms with Crippen molar-refractivity contribution in [2.75, 3.05) is 39.3 Å². The second-order valence-electron chi connectivity index (χ2n) is 9.95. The summed E-state index contributed by atoms with van der Waals surface area (Å²) in [6, 6.07) is 26.1. The Balaban J connectivity index is 1.10. The molecule has 5 heteroatoms. The van der Waals surface area contributed by atoms with Gasteiger partial charge in [-0.05, 0) is 47.2 Å². The number of aliphatic hydroxyl groups is 1. The summed E-state index contributed by atoms with van der Waals surface area (Å²) >= 11 is 0. The molecule has 2 aliphatic rings. The first-order valence-electron chi connectivity index (χ1n) is 13.0. The van der Waals surface area contributed by atoms with Gasteiger partial charge in [-0.2, -0.15) is 0 Å². The highest BCUT2D eigenvalue weighted by atomic mass is 16.5. The Hall–Kier alpha value is -3.25. The quantitative estimate of drug-likeness (QED) is 0.442. The lowest BCUT2D eigenvalue weighted by Crippen LogP contribution is -2.50. The molecule has 1 unspecified atom stereocenters. The number of benzene rings is 3. The smallest absolute Gasteiger partial charge is 0.127 e. The third-order valence-electron chi connectivity index (χ3n) is 7.68. The van der Waals surface area contributed by atoms with Gasteiger partial charge in [0.15, 0.2) is 0 Å². The minimum absolute atomic E-state index is 0.283. The molecule has 1 atom stereocenters. The van der Waals surface area contributed by atoms with Gasteiger partial charge in [-0.3, -0.25) is 14.8 Å². The molecule has 36 heavy (non-hydrogen) atoms. The second-order valence-corrected chi connectivity index (χ2v) is 9.95. The minimum atomic E-state index is -0.534. The van der Waals surface area contributed by atoms with Crippen LogP contribution in [0.25, 0.3) is 10.8 Å². The topological polar surface area (TPSA) is 48.8 Å². The summed E-state index contributed by atoms with van der Waals surface area (Å²) in [5.74, 6) is 0.796. The van der Waals surface area contributed by atoms with Crippen LogP contribution in [0.5, 0.6) is 5.75 Å². The van der Waals surface area contributed by atoms with Crippen molar-refractivity contribution in [3.63, 3.8) is 0 Å². The average molecular weight is 480 g/mol. The highest BCUT2D eigenvalue weighted by Crippen LogP contribution is 2.37. The van der Waals surface area contributed by atoms with Gasteiger partial charge in [0.05, 0.1) is 6.04 Å². The Morgan fingerprint density at radius 1 is 0.833 bits per heavy atom. The predicted molar refractivity (Wildman–Crippen MR) is 143 cm³/mol. The summed E-state index contributed by atoms with van der Waals surface area (Å²) in [4.78, 5) is 9.18. The summed E-state index contributed by atoms with van der Waals surface area (Å²) in [5, 5.41) is 12.8. The van der Waals surface area contributed by atoms with Gasteiger partial charge < -0.3 is 9.84 Å². The maximum atomic E-state index is 10.8. The number of hydrogen-bond donors (Lipinski definition) is 1. The number of nitrogens with zero attached hydrogens (tertiary/aromatic N) is 3. The van der Waals surface area contributed by atoms with Crippen molar-refractivity contribution in [3.05, 3.63) is 107 Å². The molecule has 2 heterocycles. The van der Waals surface area contributed by atoms with Crippen LogP contribution in [0.2, 0.25) is 0 Å². The van der Waals surface area contributed by atoms with Crippen LogP contribution in [0.15, 0.2) is 85.2 Å². The zero-order valence-electron chi connectivity index (χ0n) is 20.6. The van der Waals surface area contributed by atoms with Crippen molar-refractivity contribution in [1.29, 1.82) is 0 Å². The summed E-state index contributed by atoms with van der Waals surface area (Å²) in [7, 11) is 0. The van der Waals surface area contributed by atoms with Gasteiger partial charge in [0.25, 0.3) is 0 Å².